The predicted octanol–water partition coefficient (Wildman–Crippen LogP) is 4.60. The van der Waals surface area contributed by atoms with Crippen molar-refractivity contribution in [2.45, 2.75) is 33.6 Å². The lowest BCUT2D eigenvalue weighted by Gasteiger charge is -2.26. The average Bonchev–Trinajstić information content (AvgIpc) is 2.29. The quantitative estimate of drug-likeness (QED) is 0.532. The molecule has 0 saturated carbocycles. The Balaban J connectivity index is 2.60. The molecule has 0 aromatic heterocycles. The number of hydrogen-bond donors (Lipinski definition) is 0. The van der Waals surface area contributed by atoms with Crippen LogP contribution in [0, 0.1) is 11.3 Å². The highest BCUT2D eigenvalue weighted by Crippen LogP contribution is 2.31. The molecule has 0 spiro atoms. The second-order valence-corrected chi connectivity index (χ2v) is 6.37. The third-order valence-corrected chi connectivity index (χ3v) is 3.79. The maximum absolute atomic E-state index is 12.1. The zero-order valence-corrected chi connectivity index (χ0v) is 12.2. The van der Waals surface area contributed by atoms with Crippen LogP contribution in [0.4, 0.5) is 0 Å². The van der Waals surface area contributed by atoms with Crippen molar-refractivity contribution in [3.05, 3.63) is 35.9 Å². The molecule has 1 atom stereocenters. The molecule has 1 rings (SSSR count). The predicted molar refractivity (Wildman–Crippen MR) is 75.4 cm³/mol. The highest BCUT2D eigenvalue weighted by molar-refractivity contribution is 7.23. The van der Waals surface area contributed by atoms with E-state index in [1.165, 1.54) is 0 Å². The molecule has 1 aromatic rings. The van der Waals surface area contributed by atoms with Gasteiger partial charge in [0.05, 0.1) is 0 Å². The van der Waals surface area contributed by atoms with Crippen molar-refractivity contribution in [2.24, 2.45) is 11.3 Å². The van der Waals surface area contributed by atoms with Gasteiger partial charge in [-0.05, 0) is 17.8 Å². The van der Waals surface area contributed by atoms with Gasteiger partial charge in [0.1, 0.15) is 0 Å². The molecule has 0 heterocycles. The van der Waals surface area contributed by atoms with Crippen LogP contribution in [-0.4, -0.2) is 11.9 Å². The van der Waals surface area contributed by atoms with Crippen molar-refractivity contribution >= 4 is 14.2 Å². The zero-order chi connectivity index (χ0) is 13.6. The van der Waals surface area contributed by atoms with Gasteiger partial charge in [0.15, 0.2) is 14.2 Å². The van der Waals surface area contributed by atoms with Gasteiger partial charge in [-0.15, -0.1) is 0 Å². The third-order valence-electron chi connectivity index (χ3n) is 3.02. The van der Waals surface area contributed by atoms with E-state index in [-0.39, 0.29) is 19.7 Å². The van der Waals surface area contributed by atoms with Gasteiger partial charge in [0, 0.05) is 18.1 Å². The van der Waals surface area contributed by atoms with E-state index in [1.54, 1.807) is 0 Å². The van der Waals surface area contributed by atoms with E-state index in [0.717, 1.165) is 12.0 Å². The van der Waals surface area contributed by atoms with Crippen molar-refractivity contribution in [1.29, 1.82) is 0 Å². The van der Waals surface area contributed by atoms with Crippen LogP contribution >= 0.6 is 8.46 Å². The summed E-state index contributed by atoms with van der Waals surface area (Å²) in [5.41, 5.74) is 0.733. The summed E-state index contributed by atoms with van der Waals surface area (Å²) in [4.78, 5) is 12.1. The molecule has 0 aliphatic rings. The zero-order valence-electron chi connectivity index (χ0n) is 11.3. The van der Waals surface area contributed by atoms with Gasteiger partial charge in [-0.1, -0.05) is 51.1 Å². The maximum Gasteiger partial charge on any atom is 0.163 e. The van der Waals surface area contributed by atoms with Gasteiger partial charge in [-0.25, -0.2) is 0 Å². The third kappa shape index (κ3) is 5.10. The van der Waals surface area contributed by atoms with Gasteiger partial charge in [-0.3, -0.25) is 9.36 Å². The van der Waals surface area contributed by atoms with Gasteiger partial charge in [-0.2, -0.15) is 0 Å². The first-order valence-electron chi connectivity index (χ1n) is 6.32. The Morgan fingerprint density at radius 3 is 2.44 bits per heavy atom. The number of carbonyl (C=O) groups excluding carboxylic acids is 1. The van der Waals surface area contributed by atoms with Crippen LogP contribution in [0.5, 0.6) is 0 Å². The average molecular weight is 264 g/mol. The summed E-state index contributed by atoms with van der Waals surface area (Å²) in [7, 11) is 0.194. The van der Waals surface area contributed by atoms with Gasteiger partial charge >= 0.3 is 0 Å². The number of ketones is 1. The Kier molecular flexibility index (Phi) is 5.68. The Hall–Kier alpha value is -1.01. The summed E-state index contributed by atoms with van der Waals surface area (Å²) in [6.07, 6.45) is 2.13. The lowest BCUT2D eigenvalue weighted by atomic mass is 9.79. The van der Waals surface area contributed by atoms with Crippen molar-refractivity contribution in [1.82, 2.24) is 0 Å². The first kappa shape index (κ1) is 15.0. The number of Topliss-reactive ketones (excluding diaryl/α,β-unsaturated/α-hetero) is 1. The van der Waals surface area contributed by atoms with Gasteiger partial charge < -0.3 is 0 Å². The van der Waals surface area contributed by atoms with Crippen LogP contribution in [0.1, 0.15) is 44.0 Å². The van der Waals surface area contributed by atoms with E-state index in [9.17, 15) is 9.36 Å². The number of rotatable bonds is 7. The topological polar surface area (TPSA) is 34.1 Å². The molecule has 0 amide bonds. The smallest absolute Gasteiger partial charge is 0.163 e. The van der Waals surface area contributed by atoms with Crippen LogP contribution in [0.3, 0.4) is 0 Å². The summed E-state index contributed by atoms with van der Waals surface area (Å²) in [5.74, 6) is 0.565. The molecule has 1 aromatic carbocycles. The Morgan fingerprint density at radius 2 is 1.89 bits per heavy atom. The second kappa shape index (κ2) is 6.80. The SMILES string of the molecule is CC(CP=O)CC(C)(C)CC(=O)c1ccccc1. The first-order chi connectivity index (χ1) is 8.44. The minimum atomic E-state index is -0.0446. The highest BCUT2D eigenvalue weighted by Gasteiger charge is 2.25. The van der Waals surface area contributed by atoms with E-state index < -0.39 is 0 Å². The second-order valence-electron chi connectivity index (χ2n) is 5.75. The summed E-state index contributed by atoms with van der Waals surface area (Å²) < 4.78 is 10.6. The Labute approximate surface area is 111 Å². The molecule has 0 aliphatic carbocycles. The van der Waals surface area contributed by atoms with Gasteiger partial charge in [0.25, 0.3) is 0 Å². The lowest BCUT2D eigenvalue weighted by Crippen LogP contribution is -2.20. The minimum absolute atomic E-state index is 0.0446. The van der Waals surface area contributed by atoms with Crippen LogP contribution in [0.25, 0.3) is 0 Å². The van der Waals surface area contributed by atoms with Crippen LogP contribution in [0.2, 0.25) is 0 Å². The molecule has 1 unspecified atom stereocenters. The summed E-state index contributed by atoms with van der Waals surface area (Å²) >= 11 is 0. The molecule has 0 aliphatic heterocycles. The van der Waals surface area contributed by atoms with Crippen molar-refractivity contribution < 1.29 is 9.36 Å². The molecule has 0 fully saturated rings. The largest absolute Gasteiger partial charge is 0.294 e. The van der Waals surface area contributed by atoms with E-state index in [1.807, 2.05) is 30.3 Å². The maximum atomic E-state index is 12.1. The molecule has 0 N–H and O–H groups in total. The number of hydrogen-bond acceptors (Lipinski definition) is 2. The van der Waals surface area contributed by atoms with Crippen LogP contribution in [-0.2, 0) is 4.57 Å². The number of carbonyl (C=O) groups is 1. The fourth-order valence-electron chi connectivity index (χ4n) is 2.37. The van der Waals surface area contributed by atoms with E-state index in [0.29, 0.717) is 18.5 Å². The van der Waals surface area contributed by atoms with E-state index >= 15 is 0 Å². The fraction of sp³-hybridized carbons (Fsp3) is 0.533. The molecule has 3 heteroatoms. The molecule has 0 saturated heterocycles. The van der Waals surface area contributed by atoms with Crippen LogP contribution < -0.4 is 0 Å². The summed E-state index contributed by atoms with van der Waals surface area (Å²) in [6.45, 7) is 6.29. The van der Waals surface area contributed by atoms with Crippen LogP contribution in [0.15, 0.2) is 30.3 Å². The summed E-state index contributed by atoms with van der Waals surface area (Å²) in [6, 6.07) is 9.41. The molecule has 98 valence electrons. The van der Waals surface area contributed by atoms with E-state index in [2.05, 4.69) is 20.8 Å². The van der Waals surface area contributed by atoms with Gasteiger partial charge in [0.2, 0.25) is 0 Å². The van der Waals surface area contributed by atoms with Crippen molar-refractivity contribution in [2.75, 3.05) is 6.16 Å². The van der Waals surface area contributed by atoms with Crippen molar-refractivity contribution in [3.63, 3.8) is 0 Å². The fourth-order valence-corrected chi connectivity index (χ4v) is 2.75. The molecular weight excluding hydrogens is 243 g/mol. The Morgan fingerprint density at radius 1 is 1.28 bits per heavy atom. The molecular formula is C15H21O2P. The van der Waals surface area contributed by atoms with E-state index in [4.69, 9.17) is 0 Å². The molecule has 0 bridgehead atoms. The molecule has 0 radical (unpaired) electrons. The molecule has 18 heavy (non-hydrogen) atoms. The lowest BCUT2D eigenvalue weighted by molar-refractivity contribution is 0.0918. The standard InChI is InChI=1S/C15H21O2P/c1-12(11-18-17)9-15(2,3)10-14(16)13-7-5-4-6-8-13/h4-8,12H,9-11H2,1-3H3. The monoisotopic (exact) mass is 264 g/mol. The highest BCUT2D eigenvalue weighted by atomic mass is 31.1. The number of benzene rings is 1. The minimum Gasteiger partial charge on any atom is -0.294 e. The van der Waals surface area contributed by atoms with Crippen molar-refractivity contribution in [3.8, 4) is 0 Å². The normalized spacial score (nSPS) is 13.5. The first-order valence-corrected chi connectivity index (χ1v) is 7.32. The Bertz CT molecular complexity index is 398. The summed E-state index contributed by atoms with van der Waals surface area (Å²) in [5, 5.41) is 0. The molecule has 2 nitrogen and oxygen atoms in total.